The van der Waals surface area contributed by atoms with Gasteiger partial charge in [0.15, 0.2) is 0 Å². The van der Waals surface area contributed by atoms with Gasteiger partial charge in [0, 0.05) is 22.9 Å². The van der Waals surface area contributed by atoms with E-state index in [2.05, 4.69) is 46.4 Å². The van der Waals surface area contributed by atoms with E-state index in [9.17, 15) is 4.79 Å². The Hall–Kier alpha value is -2.44. The summed E-state index contributed by atoms with van der Waals surface area (Å²) in [5.41, 5.74) is 2.84. The van der Waals surface area contributed by atoms with Gasteiger partial charge in [-0.15, -0.1) is 0 Å². The van der Waals surface area contributed by atoms with Gasteiger partial charge in [-0.05, 0) is 26.2 Å². The van der Waals surface area contributed by atoms with Crippen molar-refractivity contribution < 1.29 is 9.21 Å². The third-order valence-corrected chi connectivity index (χ3v) is 4.33. The molecule has 1 aliphatic rings. The number of carbonyl (C=O) groups is 1. The monoisotopic (exact) mass is 343 g/mol. The average molecular weight is 343 g/mol. The van der Waals surface area contributed by atoms with Gasteiger partial charge in [0.05, 0.1) is 18.3 Å². The van der Waals surface area contributed by atoms with Gasteiger partial charge in [0.25, 0.3) is 0 Å². The first-order valence-corrected chi connectivity index (χ1v) is 8.64. The van der Waals surface area contributed by atoms with Crippen molar-refractivity contribution in [2.24, 2.45) is 0 Å². The molecule has 0 radical (unpaired) electrons. The molecule has 134 valence electrons. The van der Waals surface area contributed by atoms with Crippen LogP contribution in [0.1, 0.15) is 68.3 Å². The summed E-state index contributed by atoms with van der Waals surface area (Å²) in [6.07, 6.45) is 6.30. The summed E-state index contributed by atoms with van der Waals surface area (Å²) in [6.45, 7) is 8.34. The summed E-state index contributed by atoms with van der Waals surface area (Å²) in [5, 5.41) is 5.81. The Morgan fingerprint density at radius 1 is 1.36 bits per heavy atom. The standard InChI is InChI=1S/C18H25N5O2/c1-11-19-8-12-13(21-11)6-5-7-14(12)22-17(24)20-9-16-23-15(10-25-16)18(2,3)4/h8,10,14H,5-7,9H2,1-4H3,(H2,20,22,24). The zero-order valence-corrected chi connectivity index (χ0v) is 15.2. The maximum absolute atomic E-state index is 12.2. The summed E-state index contributed by atoms with van der Waals surface area (Å²) in [5.74, 6) is 1.27. The molecular weight excluding hydrogens is 318 g/mol. The Bertz CT molecular complexity index is 763. The highest BCUT2D eigenvalue weighted by atomic mass is 16.3. The number of aryl methyl sites for hydroxylation is 2. The molecule has 1 aliphatic carbocycles. The predicted octanol–water partition coefficient (Wildman–Crippen LogP) is 2.95. The van der Waals surface area contributed by atoms with Crippen molar-refractivity contribution in [2.45, 2.75) is 65.0 Å². The number of rotatable bonds is 3. The van der Waals surface area contributed by atoms with Crippen LogP contribution < -0.4 is 10.6 Å². The molecule has 0 aliphatic heterocycles. The summed E-state index contributed by atoms with van der Waals surface area (Å²) < 4.78 is 5.43. The van der Waals surface area contributed by atoms with Gasteiger partial charge in [-0.25, -0.2) is 19.7 Å². The number of amides is 2. The van der Waals surface area contributed by atoms with E-state index in [-0.39, 0.29) is 24.0 Å². The topological polar surface area (TPSA) is 92.9 Å². The van der Waals surface area contributed by atoms with E-state index in [1.807, 2.05) is 13.1 Å². The zero-order valence-electron chi connectivity index (χ0n) is 15.2. The van der Waals surface area contributed by atoms with Gasteiger partial charge in [0.1, 0.15) is 12.1 Å². The molecule has 2 aromatic rings. The molecule has 0 saturated heterocycles. The average Bonchev–Trinajstić information content (AvgIpc) is 3.02. The van der Waals surface area contributed by atoms with E-state index < -0.39 is 0 Å². The van der Waals surface area contributed by atoms with Gasteiger partial charge in [-0.3, -0.25) is 0 Å². The van der Waals surface area contributed by atoms with Crippen LogP contribution in [0, 0.1) is 6.92 Å². The van der Waals surface area contributed by atoms with Crippen LogP contribution in [-0.4, -0.2) is 21.0 Å². The molecule has 2 aromatic heterocycles. The number of fused-ring (bicyclic) bond motifs is 1. The van der Waals surface area contributed by atoms with Crippen LogP contribution in [0.4, 0.5) is 4.79 Å². The normalized spacial score (nSPS) is 17.0. The number of nitrogens with one attached hydrogen (secondary N) is 2. The fraction of sp³-hybridized carbons (Fsp3) is 0.556. The van der Waals surface area contributed by atoms with E-state index in [4.69, 9.17) is 4.42 Å². The molecule has 0 aromatic carbocycles. The number of hydrogen-bond acceptors (Lipinski definition) is 5. The molecule has 7 nitrogen and oxygen atoms in total. The molecule has 0 spiro atoms. The number of nitrogens with zero attached hydrogens (tertiary/aromatic N) is 3. The van der Waals surface area contributed by atoms with Crippen LogP contribution in [0.2, 0.25) is 0 Å². The summed E-state index contributed by atoms with van der Waals surface area (Å²) in [4.78, 5) is 25.4. The van der Waals surface area contributed by atoms with E-state index in [1.165, 1.54) is 0 Å². The van der Waals surface area contributed by atoms with Crippen molar-refractivity contribution in [2.75, 3.05) is 0 Å². The maximum atomic E-state index is 12.2. The first-order chi connectivity index (χ1) is 11.8. The Balaban J connectivity index is 1.58. The molecule has 0 saturated carbocycles. The van der Waals surface area contributed by atoms with Crippen molar-refractivity contribution in [3.63, 3.8) is 0 Å². The second-order valence-corrected chi connectivity index (χ2v) is 7.47. The third kappa shape index (κ3) is 4.15. The largest absolute Gasteiger partial charge is 0.447 e. The Labute approximate surface area is 147 Å². The van der Waals surface area contributed by atoms with Crippen molar-refractivity contribution >= 4 is 6.03 Å². The van der Waals surface area contributed by atoms with Crippen LogP contribution in [0.15, 0.2) is 16.9 Å². The highest BCUT2D eigenvalue weighted by Crippen LogP contribution is 2.27. The molecule has 1 atom stereocenters. The molecule has 1 unspecified atom stereocenters. The Morgan fingerprint density at radius 3 is 2.88 bits per heavy atom. The molecule has 2 N–H and O–H groups in total. The number of urea groups is 1. The van der Waals surface area contributed by atoms with Crippen molar-refractivity contribution in [1.29, 1.82) is 0 Å². The molecular formula is C18H25N5O2. The fourth-order valence-corrected chi connectivity index (χ4v) is 2.90. The van der Waals surface area contributed by atoms with Gasteiger partial charge < -0.3 is 15.1 Å². The number of aromatic nitrogens is 3. The van der Waals surface area contributed by atoms with E-state index in [0.717, 1.165) is 42.0 Å². The lowest BCUT2D eigenvalue weighted by atomic mass is 9.92. The molecule has 25 heavy (non-hydrogen) atoms. The smallest absolute Gasteiger partial charge is 0.315 e. The van der Waals surface area contributed by atoms with Crippen molar-refractivity contribution in [1.82, 2.24) is 25.6 Å². The lowest BCUT2D eigenvalue weighted by Crippen LogP contribution is -2.39. The van der Waals surface area contributed by atoms with Crippen molar-refractivity contribution in [3.8, 4) is 0 Å². The molecule has 0 fully saturated rings. The summed E-state index contributed by atoms with van der Waals surface area (Å²) in [6, 6.07) is -0.298. The highest BCUT2D eigenvalue weighted by molar-refractivity contribution is 5.74. The highest BCUT2D eigenvalue weighted by Gasteiger charge is 2.24. The predicted molar refractivity (Wildman–Crippen MR) is 93.0 cm³/mol. The fourth-order valence-electron chi connectivity index (χ4n) is 2.90. The number of hydrogen-bond donors (Lipinski definition) is 2. The Morgan fingerprint density at radius 2 is 2.16 bits per heavy atom. The minimum absolute atomic E-state index is 0.0564. The second-order valence-electron chi connectivity index (χ2n) is 7.47. The molecule has 2 heterocycles. The van der Waals surface area contributed by atoms with Gasteiger partial charge in [-0.2, -0.15) is 0 Å². The van der Waals surface area contributed by atoms with Crippen LogP contribution in [0.25, 0.3) is 0 Å². The van der Waals surface area contributed by atoms with Crippen LogP contribution >= 0.6 is 0 Å². The third-order valence-electron chi connectivity index (χ3n) is 4.33. The first kappa shape index (κ1) is 17.4. The van der Waals surface area contributed by atoms with Gasteiger partial charge in [0.2, 0.25) is 5.89 Å². The summed E-state index contributed by atoms with van der Waals surface area (Å²) >= 11 is 0. The lowest BCUT2D eigenvalue weighted by molar-refractivity contribution is 0.234. The van der Waals surface area contributed by atoms with E-state index in [1.54, 1.807) is 6.26 Å². The summed E-state index contributed by atoms with van der Waals surface area (Å²) in [7, 11) is 0. The Kier molecular flexibility index (Phi) is 4.74. The van der Waals surface area contributed by atoms with E-state index in [0.29, 0.717) is 5.89 Å². The zero-order chi connectivity index (χ0) is 18.0. The minimum Gasteiger partial charge on any atom is -0.447 e. The minimum atomic E-state index is -0.242. The van der Waals surface area contributed by atoms with Gasteiger partial charge in [-0.1, -0.05) is 20.8 Å². The van der Waals surface area contributed by atoms with E-state index >= 15 is 0 Å². The van der Waals surface area contributed by atoms with Crippen LogP contribution in [0.5, 0.6) is 0 Å². The first-order valence-electron chi connectivity index (χ1n) is 8.64. The number of oxazole rings is 1. The second kappa shape index (κ2) is 6.82. The lowest BCUT2D eigenvalue weighted by Gasteiger charge is -2.25. The molecule has 7 heteroatoms. The van der Waals surface area contributed by atoms with Gasteiger partial charge >= 0.3 is 6.03 Å². The molecule has 2 amide bonds. The maximum Gasteiger partial charge on any atom is 0.315 e. The SMILES string of the molecule is Cc1ncc2c(n1)CCCC2NC(=O)NCc1nc(C(C)(C)C)co1. The van der Waals surface area contributed by atoms with Crippen LogP contribution in [-0.2, 0) is 18.4 Å². The molecule has 3 rings (SSSR count). The van der Waals surface area contributed by atoms with Crippen LogP contribution in [0.3, 0.4) is 0 Å². The van der Waals surface area contributed by atoms with Crippen molar-refractivity contribution in [3.05, 3.63) is 41.1 Å². The number of carbonyl (C=O) groups excluding carboxylic acids is 1. The quantitative estimate of drug-likeness (QED) is 0.894. The molecule has 0 bridgehead atoms.